The average molecular weight is 380 g/mol. The number of fused-ring (bicyclic) bond motifs is 1. The Hall–Kier alpha value is -3.09. The van der Waals surface area contributed by atoms with E-state index in [9.17, 15) is 0 Å². The maximum atomic E-state index is 5.37. The summed E-state index contributed by atoms with van der Waals surface area (Å²) in [5, 5.41) is 11.9. The highest BCUT2D eigenvalue weighted by atomic mass is 16.5. The van der Waals surface area contributed by atoms with Crippen molar-refractivity contribution in [3.63, 3.8) is 0 Å². The maximum absolute atomic E-state index is 5.37. The molecule has 2 aromatic heterocycles. The fourth-order valence-corrected chi connectivity index (χ4v) is 2.86. The summed E-state index contributed by atoms with van der Waals surface area (Å²) in [6, 6.07) is 12.3. The van der Waals surface area contributed by atoms with Gasteiger partial charge in [-0.2, -0.15) is 0 Å². The zero-order valence-electron chi connectivity index (χ0n) is 17.2. The third-order valence-corrected chi connectivity index (χ3v) is 4.52. The number of nitrogens with zero attached hydrogens (tertiary/aromatic N) is 4. The Balaban J connectivity index is 1.69. The number of aliphatic imine (C=N–C) groups is 1. The molecule has 1 aromatic carbocycles. The normalized spacial score (nSPS) is 11.9. The maximum Gasteiger partial charge on any atom is 0.191 e. The van der Waals surface area contributed by atoms with Gasteiger partial charge in [-0.15, -0.1) is 0 Å². The number of rotatable bonds is 6. The van der Waals surface area contributed by atoms with Gasteiger partial charge in [-0.25, -0.2) is 4.98 Å². The summed E-state index contributed by atoms with van der Waals surface area (Å²) in [6.45, 7) is 5.35. The fourth-order valence-electron chi connectivity index (χ4n) is 2.86. The molecule has 3 rings (SSSR count). The van der Waals surface area contributed by atoms with Crippen LogP contribution < -0.4 is 15.5 Å². The highest BCUT2D eigenvalue weighted by molar-refractivity contribution is 5.85. The van der Waals surface area contributed by atoms with E-state index in [0.717, 1.165) is 28.2 Å². The quantitative estimate of drug-likeness (QED) is 0.505. The summed E-state index contributed by atoms with van der Waals surface area (Å²) in [5.41, 5.74) is 3.11. The highest BCUT2D eigenvalue weighted by Gasteiger charge is 2.10. The van der Waals surface area contributed by atoms with Gasteiger partial charge in [-0.1, -0.05) is 37.2 Å². The van der Waals surface area contributed by atoms with Gasteiger partial charge in [-0.05, 0) is 23.6 Å². The van der Waals surface area contributed by atoms with Crippen LogP contribution in [0.5, 0.6) is 0 Å². The molecular formula is C21H28N6O. The molecule has 148 valence electrons. The molecule has 0 bridgehead atoms. The van der Waals surface area contributed by atoms with Crippen LogP contribution in [0, 0.1) is 0 Å². The molecule has 3 aromatic rings. The third kappa shape index (κ3) is 4.60. The summed E-state index contributed by atoms with van der Waals surface area (Å²) in [7, 11) is 5.75. The van der Waals surface area contributed by atoms with Crippen LogP contribution in [-0.4, -0.2) is 37.2 Å². The second-order valence-electron chi connectivity index (χ2n) is 7.20. The first-order valence-corrected chi connectivity index (χ1v) is 9.44. The zero-order valence-corrected chi connectivity index (χ0v) is 17.2. The third-order valence-electron chi connectivity index (χ3n) is 4.52. The lowest BCUT2D eigenvalue weighted by atomic mass is 10.1. The standard InChI is InChI=1S/C21H28N6O/c1-14(2)19-11-16(28-26-19)13-24-21(22-3)23-12-15-10-20(27(4)5)25-18-9-7-6-8-17(15)18/h6-11,14H,12-13H2,1-5H3,(H2,22,23,24). The predicted molar refractivity (Wildman–Crippen MR) is 114 cm³/mol. The van der Waals surface area contributed by atoms with Crippen molar-refractivity contribution in [2.24, 2.45) is 4.99 Å². The molecule has 0 aliphatic heterocycles. The lowest BCUT2D eigenvalue weighted by molar-refractivity contribution is 0.372. The number of benzene rings is 1. The van der Waals surface area contributed by atoms with Crippen LogP contribution in [0.1, 0.15) is 36.8 Å². The van der Waals surface area contributed by atoms with E-state index in [1.54, 1.807) is 7.05 Å². The molecule has 0 aliphatic carbocycles. The van der Waals surface area contributed by atoms with E-state index in [1.165, 1.54) is 5.56 Å². The van der Waals surface area contributed by atoms with Gasteiger partial charge in [0, 0.05) is 39.1 Å². The molecule has 0 spiro atoms. The Morgan fingerprint density at radius 3 is 2.57 bits per heavy atom. The van der Waals surface area contributed by atoms with Crippen LogP contribution in [0.2, 0.25) is 0 Å². The second-order valence-corrected chi connectivity index (χ2v) is 7.20. The molecule has 7 nitrogen and oxygen atoms in total. The van der Waals surface area contributed by atoms with Gasteiger partial charge in [0.1, 0.15) is 5.82 Å². The minimum atomic E-state index is 0.348. The Morgan fingerprint density at radius 2 is 1.89 bits per heavy atom. The zero-order chi connectivity index (χ0) is 20.1. The number of hydrogen-bond acceptors (Lipinski definition) is 5. The highest BCUT2D eigenvalue weighted by Crippen LogP contribution is 2.22. The lowest BCUT2D eigenvalue weighted by Crippen LogP contribution is -2.36. The molecule has 0 unspecified atom stereocenters. The Morgan fingerprint density at radius 1 is 1.14 bits per heavy atom. The molecule has 0 saturated carbocycles. The Labute approximate surface area is 165 Å². The summed E-state index contributed by atoms with van der Waals surface area (Å²) in [4.78, 5) is 11.0. The molecule has 7 heteroatoms. The van der Waals surface area contributed by atoms with E-state index in [2.05, 4.69) is 46.8 Å². The van der Waals surface area contributed by atoms with Crippen LogP contribution in [0.25, 0.3) is 10.9 Å². The van der Waals surface area contributed by atoms with E-state index < -0.39 is 0 Å². The Bertz CT molecular complexity index is 960. The first kappa shape index (κ1) is 19.7. The molecule has 2 heterocycles. The summed E-state index contributed by atoms with van der Waals surface area (Å²) in [5.74, 6) is 2.77. The Kier molecular flexibility index (Phi) is 6.13. The summed E-state index contributed by atoms with van der Waals surface area (Å²) >= 11 is 0. The average Bonchev–Trinajstić information content (AvgIpc) is 3.17. The van der Waals surface area contributed by atoms with Crippen molar-refractivity contribution in [1.29, 1.82) is 0 Å². The number of nitrogens with one attached hydrogen (secondary N) is 2. The van der Waals surface area contributed by atoms with Gasteiger partial charge >= 0.3 is 0 Å². The smallest absolute Gasteiger partial charge is 0.191 e. The minimum Gasteiger partial charge on any atom is -0.363 e. The van der Waals surface area contributed by atoms with Gasteiger partial charge in [0.2, 0.25) is 0 Å². The van der Waals surface area contributed by atoms with Crippen LogP contribution in [-0.2, 0) is 13.1 Å². The van der Waals surface area contributed by atoms with Gasteiger partial charge in [0.15, 0.2) is 11.7 Å². The number of anilines is 1. The van der Waals surface area contributed by atoms with Crippen molar-refractivity contribution in [3.05, 3.63) is 53.4 Å². The van der Waals surface area contributed by atoms with Crippen LogP contribution >= 0.6 is 0 Å². The molecular weight excluding hydrogens is 352 g/mol. The molecule has 0 fully saturated rings. The van der Waals surface area contributed by atoms with Crippen molar-refractivity contribution in [3.8, 4) is 0 Å². The van der Waals surface area contributed by atoms with Crippen molar-refractivity contribution in [2.45, 2.75) is 32.9 Å². The van der Waals surface area contributed by atoms with Crippen molar-refractivity contribution in [2.75, 3.05) is 26.0 Å². The minimum absolute atomic E-state index is 0.348. The topological polar surface area (TPSA) is 78.6 Å². The van der Waals surface area contributed by atoms with E-state index >= 15 is 0 Å². The number of para-hydroxylation sites is 1. The second kappa shape index (κ2) is 8.73. The molecule has 0 saturated heterocycles. The number of aromatic nitrogens is 2. The molecule has 0 amide bonds. The van der Waals surface area contributed by atoms with Crippen LogP contribution in [0.3, 0.4) is 0 Å². The monoisotopic (exact) mass is 380 g/mol. The van der Waals surface area contributed by atoms with Gasteiger partial charge in [0.05, 0.1) is 17.8 Å². The van der Waals surface area contributed by atoms with E-state index in [-0.39, 0.29) is 0 Å². The molecule has 2 N–H and O–H groups in total. The number of hydrogen-bond donors (Lipinski definition) is 2. The first-order valence-electron chi connectivity index (χ1n) is 9.44. The molecule has 0 radical (unpaired) electrons. The van der Waals surface area contributed by atoms with Crippen LogP contribution in [0.15, 0.2) is 45.9 Å². The van der Waals surface area contributed by atoms with Crippen molar-refractivity contribution >= 4 is 22.7 Å². The number of guanidine groups is 1. The van der Waals surface area contributed by atoms with E-state index in [4.69, 9.17) is 9.51 Å². The lowest BCUT2D eigenvalue weighted by Gasteiger charge is -2.16. The van der Waals surface area contributed by atoms with Gasteiger partial charge in [-0.3, -0.25) is 4.99 Å². The molecule has 0 aliphatic rings. The van der Waals surface area contributed by atoms with Crippen molar-refractivity contribution in [1.82, 2.24) is 20.8 Å². The fraction of sp³-hybridized carbons (Fsp3) is 0.381. The summed E-state index contributed by atoms with van der Waals surface area (Å²) in [6.07, 6.45) is 0. The largest absolute Gasteiger partial charge is 0.363 e. The van der Waals surface area contributed by atoms with Gasteiger partial charge < -0.3 is 20.1 Å². The van der Waals surface area contributed by atoms with E-state index in [0.29, 0.717) is 25.0 Å². The molecule has 0 atom stereocenters. The predicted octanol–water partition coefficient (Wildman–Crippen LogP) is 3.28. The van der Waals surface area contributed by atoms with Crippen LogP contribution in [0.4, 0.5) is 5.82 Å². The van der Waals surface area contributed by atoms with Crippen molar-refractivity contribution < 1.29 is 4.52 Å². The van der Waals surface area contributed by atoms with Gasteiger partial charge in [0.25, 0.3) is 0 Å². The molecule has 28 heavy (non-hydrogen) atoms. The summed E-state index contributed by atoms with van der Waals surface area (Å²) < 4.78 is 5.37. The SMILES string of the molecule is CN=C(NCc1cc(C(C)C)no1)NCc1cc(N(C)C)nc2ccccc12. The first-order chi connectivity index (χ1) is 13.5. The number of pyridine rings is 1. The van der Waals surface area contributed by atoms with E-state index in [1.807, 2.05) is 43.3 Å².